The van der Waals surface area contributed by atoms with Crippen molar-refractivity contribution in [1.82, 2.24) is 4.90 Å². The van der Waals surface area contributed by atoms with Crippen LogP contribution in [0.5, 0.6) is 0 Å². The van der Waals surface area contributed by atoms with Gasteiger partial charge in [0.25, 0.3) is 0 Å². The molecule has 5 heteroatoms. The summed E-state index contributed by atoms with van der Waals surface area (Å²) in [5.74, 6) is -0.494. The van der Waals surface area contributed by atoms with Gasteiger partial charge in [-0.2, -0.15) is 12.6 Å². The number of nitrogens with zero attached hydrogens (tertiary/aromatic N) is 1. The molecule has 0 aliphatic rings. The number of allylic oxidation sites excluding steroid dienone is 4. The maximum absolute atomic E-state index is 12.8. The molecule has 0 N–H and O–H groups in total. The van der Waals surface area contributed by atoms with Gasteiger partial charge in [0.1, 0.15) is 6.04 Å². The van der Waals surface area contributed by atoms with Crippen molar-refractivity contribution in [2.75, 3.05) is 18.8 Å². The van der Waals surface area contributed by atoms with E-state index in [9.17, 15) is 9.59 Å². The van der Waals surface area contributed by atoms with Crippen LogP contribution in [0.3, 0.4) is 0 Å². The van der Waals surface area contributed by atoms with Gasteiger partial charge in [0.05, 0.1) is 0 Å². The van der Waals surface area contributed by atoms with Crippen LogP contribution in [-0.2, 0) is 14.3 Å². The molecular weight excluding hydrogens is 599 g/mol. The number of esters is 2. The summed E-state index contributed by atoms with van der Waals surface area (Å²) in [6.45, 7) is 8.01. The fraction of sp³-hybridized carbons (Fsp3) is 0.857. The molecule has 0 unspecified atom stereocenters. The summed E-state index contributed by atoms with van der Waals surface area (Å²) in [5.41, 5.74) is 0. The third kappa shape index (κ3) is 31.9. The van der Waals surface area contributed by atoms with E-state index in [2.05, 4.69) is 55.7 Å². The van der Waals surface area contributed by atoms with Gasteiger partial charge in [0.15, 0.2) is 0 Å². The Labute approximate surface area is 299 Å². The second kappa shape index (κ2) is 37.7. The number of carbonyl (C=O) groups excluding carboxylic acids is 2. The number of rotatable bonds is 36. The molecule has 0 aromatic heterocycles. The molecule has 0 aromatic rings. The first-order valence-corrected chi connectivity index (χ1v) is 21.1. The van der Waals surface area contributed by atoms with Crippen molar-refractivity contribution < 1.29 is 14.3 Å². The molecule has 0 aliphatic carbocycles. The Bertz CT molecular complexity index is 695. The number of unbranched alkanes of at least 4 members (excludes halogenated alkanes) is 24. The zero-order valence-electron chi connectivity index (χ0n) is 31.6. The van der Waals surface area contributed by atoms with Crippen molar-refractivity contribution in [1.29, 1.82) is 0 Å². The zero-order valence-corrected chi connectivity index (χ0v) is 32.5. The number of carbonyl (C=O) groups is 2. The molecule has 0 amide bonds. The van der Waals surface area contributed by atoms with Gasteiger partial charge in [0, 0.05) is 12.2 Å². The lowest BCUT2D eigenvalue weighted by molar-refractivity contribution is -0.162. The van der Waals surface area contributed by atoms with Crippen LogP contribution in [0.15, 0.2) is 24.3 Å². The highest BCUT2D eigenvalue weighted by Gasteiger charge is 2.27. The minimum atomic E-state index is -0.448. The van der Waals surface area contributed by atoms with E-state index in [0.29, 0.717) is 5.75 Å². The van der Waals surface area contributed by atoms with Crippen molar-refractivity contribution in [2.45, 2.75) is 213 Å². The molecule has 0 aromatic carbocycles. The predicted molar refractivity (Wildman–Crippen MR) is 210 cm³/mol. The predicted octanol–water partition coefficient (Wildman–Crippen LogP) is 13.1. The van der Waals surface area contributed by atoms with E-state index in [4.69, 9.17) is 4.74 Å². The van der Waals surface area contributed by atoms with Gasteiger partial charge in [-0.25, -0.2) is 4.79 Å². The molecule has 0 saturated heterocycles. The molecule has 1 atom stereocenters. The Morgan fingerprint density at radius 3 is 1.15 bits per heavy atom. The normalized spacial score (nSPS) is 12.5. The van der Waals surface area contributed by atoms with E-state index < -0.39 is 18.0 Å². The lowest BCUT2D eigenvalue weighted by atomic mass is 10.1. The van der Waals surface area contributed by atoms with Gasteiger partial charge in [0.2, 0.25) is 0 Å². The summed E-state index contributed by atoms with van der Waals surface area (Å²) in [6, 6.07) is -0.444. The third-order valence-electron chi connectivity index (χ3n) is 9.30. The molecule has 0 aliphatic heterocycles. The van der Waals surface area contributed by atoms with Crippen LogP contribution in [0.2, 0.25) is 0 Å². The molecule has 0 heterocycles. The summed E-state index contributed by atoms with van der Waals surface area (Å²) in [7, 11) is 0. The lowest BCUT2D eigenvalue weighted by Crippen LogP contribution is -2.45. The molecule has 0 fully saturated rings. The molecule has 0 saturated carbocycles. The van der Waals surface area contributed by atoms with E-state index >= 15 is 0 Å². The number of ether oxygens (including phenoxy) is 1. The van der Waals surface area contributed by atoms with Crippen LogP contribution < -0.4 is 0 Å². The zero-order chi connectivity index (χ0) is 34.5. The van der Waals surface area contributed by atoms with Gasteiger partial charge in [-0.05, 0) is 77.3 Å². The molecular formula is C42H79NO3S. The average Bonchev–Trinajstić information content (AvgIpc) is 3.07. The van der Waals surface area contributed by atoms with Crippen LogP contribution in [0.4, 0.5) is 0 Å². The largest absolute Gasteiger partial charge is 0.392 e. The fourth-order valence-electron chi connectivity index (χ4n) is 6.14. The van der Waals surface area contributed by atoms with Crippen LogP contribution in [0, 0.1) is 0 Å². The van der Waals surface area contributed by atoms with Crippen molar-refractivity contribution in [3.63, 3.8) is 0 Å². The number of thiol groups is 1. The Morgan fingerprint density at radius 2 is 0.830 bits per heavy atom. The van der Waals surface area contributed by atoms with Crippen LogP contribution in [0.1, 0.15) is 207 Å². The molecule has 0 rings (SSSR count). The summed E-state index contributed by atoms with van der Waals surface area (Å²) in [4.78, 5) is 26.8. The quantitative estimate of drug-likeness (QED) is 0.0236. The first-order valence-electron chi connectivity index (χ1n) is 20.5. The van der Waals surface area contributed by atoms with E-state index in [1.54, 1.807) is 6.92 Å². The minimum Gasteiger partial charge on any atom is -0.392 e. The summed E-state index contributed by atoms with van der Waals surface area (Å²) in [5, 5.41) is 0. The number of hydrogen-bond acceptors (Lipinski definition) is 5. The molecule has 0 bridgehead atoms. The second-order valence-corrected chi connectivity index (χ2v) is 14.1. The standard InChI is InChI=1S/C42H79NO3S/c1-4-7-9-11-13-15-17-19-21-23-25-27-29-31-33-35-37-43(40(39-47)42(45)46-41(44)6-3)38-36-34-32-30-28-26-24-22-20-18-16-14-12-10-8-5-2/h19-22,40,47H,4-18,23-39H2,1-3H3/b21-19-,22-20-/t40-/m0/s1. The van der Waals surface area contributed by atoms with Gasteiger partial charge < -0.3 is 4.74 Å². The highest BCUT2D eigenvalue weighted by Crippen LogP contribution is 2.15. The Morgan fingerprint density at radius 1 is 0.511 bits per heavy atom. The van der Waals surface area contributed by atoms with E-state index in [1.165, 1.54) is 167 Å². The fourth-order valence-corrected chi connectivity index (χ4v) is 6.52. The van der Waals surface area contributed by atoms with E-state index in [0.717, 1.165) is 25.9 Å². The average molecular weight is 678 g/mol. The first-order chi connectivity index (χ1) is 23.1. The van der Waals surface area contributed by atoms with Crippen molar-refractivity contribution >= 4 is 24.6 Å². The third-order valence-corrected chi connectivity index (χ3v) is 9.65. The number of hydrogen-bond donors (Lipinski definition) is 1. The maximum atomic E-state index is 12.8. The smallest absolute Gasteiger partial charge is 0.331 e. The van der Waals surface area contributed by atoms with Crippen LogP contribution >= 0.6 is 12.6 Å². The molecule has 47 heavy (non-hydrogen) atoms. The molecule has 0 radical (unpaired) electrons. The Kier molecular flexibility index (Phi) is 36.9. The minimum absolute atomic E-state index is 0.217. The molecule has 0 spiro atoms. The topological polar surface area (TPSA) is 46.6 Å². The van der Waals surface area contributed by atoms with Gasteiger partial charge in [-0.15, -0.1) is 0 Å². The Balaban J connectivity index is 4.17. The SMILES string of the molecule is CCCCCCCC/C=C\CCCCCCCCN(CCCCCCCC/C=C\CCCCCCCC)[C@@H](CS)C(=O)OC(=O)CC. The molecule has 276 valence electrons. The Hall–Kier alpha value is -1.07. The van der Waals surface area contributed by atoms with Crippen LogP contribution in [-0.4, -0.2) is 41.7 Å². The van der Waals surface area contributed by atoms with E-state index in [1.807, 2.05) is 0 Å². The monoisotopic (exact) mass is 678 g/mol. The van der Waals surface area contributed by atoms with E-state index in [-0.39, 0.29) is 6.42 Å². The summed E-state index contributed by atoms with van der Waals surface area (Å²) >= 11 is 4.49. The first kappa shape index (κ1) is 45.9. The van der Waals surface area contributed by atoms with Crippen LogP contribution in [0.25, 0.3) is 0 Å². The summed E-state index contributed by atoms with van der Waals surface area (Å²) in [6.07, 6.45) is 45.9. The molecule has 4 nitrogen and oxygen atoms in total. The lowest BCUT2D eigenvalue weighted by Gasteiger charge is -2.29. The van der Waals surface area contributed by atoms with Gasteiger partial charge in [-0.1, -0.05) is 161 Å². The highest BCUT2D eigenvalue weighted by atomic mass is 32.1. The summed E-state index contributed by atoms with van der Waals surface area (Å²) < 4.78 is 5.12. The van der Waals surface area contributed by atoms with Gasteiger partial charge in [-0.3, -0.25) is 9.69 Å². The van der Waals surface area contributed by atoms with Crippen molar-refractivity contribution in [2.24, 2.45) is 0 Å². The van der Waals surface area contributed by atoms with Crippen molar-refractivity contribution in [3.8, 4) is 0 Å². The van der Waals surface area contributed by atoms with Gasteiger partial charge >= 0.3 is 11.9 Å². The second-order valence-electron chi connectivity index (χ2n) is 13.8. The highest BCUT2D eigenvalue weighted by molar-refractivity contribution is 7.80. The van der Waals surface area contributed by atoms with Crippen molar-refractivity contribution in [3.05, 3.63) is 24.3 Å². The maximum Gasteiger partial charge on any atom is 0.331 e.